The van der Waals surface area contributed by atoms with E-state index < -0.39 is 0 Å². The first-order chi connectivity index (χ1) is 8.71. The molecule has 2 unspecified atom stereocenters. The molecule has 0 saturated carbocycles. The summed E-state index contributed by atoms with van der Waals surface area (Å²) < 4.78 is 0. The average Bonchev–Trinajstić information content (AvgIpc) is 2.40. The average molecular weight is 286 g/mol. The first-order valence-electron chi connectivity index (χ1n) is 6.74. The molecule has 102 valence electrons. The standard InChI is InChI=1S/C15H24ClNS/c1-4-6-14(17-3)15(5-2)18-11-12-7-9-13(16)10-8-12/h7-10,14-15,17H,4-6,11H2,1-3H3. The van der Waals surface area contributed by atoms with E-state index >= 15 is 0 Å². The third kappa shape index (κ3) is 5.21. The van der Waals surface area contributed by atoms with Crippen molar-refractivity contribution in [1.29, 1.82) is 0 Å². The summed E-state index contributed by atoms with van der Waals surface area (Å²) in [4.78, 5) is 0. The van der Waals surface area contributed by atoms with Crippen LogP contribution in [0.2, 0.25) is 5.02 Å². The van der Waals surface area contributed by atoms with Gasteiger partial charge in [0.25, 0.3) is 0 Å². The Kier molecular flexibility index (Phi) is 7.80. The molecule has 1 nitrogen and oxygen atoms in total. The van der Waals surface area contributed by atoms with Crippen molar-refractivity contribution in [3.8, 4) is 0 Å². The Balaban J connectivity index is 2.50. The van der Waals surface area contributed by atoms with Gasteiger partial charge in [-0.05, 0) is 37.6 Å². The van der Waals surface area contributed by atoms with Crippen molar-refractivity contribution in [2.45, 2.75) is 50.2 Å². The first-order valence-corrected chi connectivity index (χ1v) is 8.17. The summed E-state index contributed by atoms with van der Waals surface area (Å²) in [6.07, 6.45) is 3.70. The topological polar surface area (TPSA) is 12.0 Å². The van der Waals surface area contributed by atoms with E-state index in [9.17, 15) is 0 Å². The Bertz CT molecular complexity index is 326. The van der Waals surface area contributed by atoms with E-state index in [2.05, 4.69) is 38.3 Å². The molecule has 0 heterocycles. The third-order valence-electron chi connectivity index (χ3n) is 3.20. The molecule has 0 fully saturated rings. The van der Waals surface area contributed by atoms with E-state index in [0.717, 1.165) is 10.8 Å². The smallest absolute Gasteiger partial charge is 0.0406 e. The second kappa shape index (κ2) is 8.84. The van der Waals surface area contributed by atoms with Crippen LogP contribution in [0.1, 0.15) is 38.7 Å². The van der Waals surface area contributed by atoms with Crippen molar-refractivity contribution in [2.75, 3.05) is 7.05 Å². The molecule has 3 heteroatoms. The second-order valence-corrected chi connectivity index (χ2v) is 6.23. The fraction of sp³-hybridized carbons (Fsp3) is 0.600. The fourth-order valence-electron chi connectivity index (χ4n) is 2.13. The number of halogens is 1. The highest BCUT2D eigenvalue weighted by Gasteiger charge is 2.17. The molecule has 0 saturated heterocycles. The van der Waals surface area contributed by atoms with Crippen molar-refractivity contribution in [2.24, 2.45) is 0 Å². The molecule has 1 aromatic carbocycles. The van der Waals surface area contributed by atoms with Crippen LogP contribution < -0.4 is 5.32 Å². The monoisotopic (exact) mass is 285 g/mol. The molecular formula is C15H24ClNS. The lowest BCUT2D eigenvalue weighted by atomic mass is 10.1. The third-order valence-corrected chi connectivity index (χ3v) is 5.04. The van der Waals surface area contributed by atoms with Crippen LogP contribution in [0.5, 0.6) is 0 Å². The Morgan fingerprint density at radius 3 is 2.39 bits per heavy atom. The SMILES string of the molecule is CCCC(NC)C(CC)SCc1ccc(Cl)cc1. The van der Waals surface area contributed by atoms with Crippen molar-refractivity contribution >= 4 is 23.4 Å². The lowest BCUT2D eigenvalue weighted by Crippen LogP contribution is -2.35. The fourth-order valence-corrected chi connectivity index (χ4v) is 3.59. The number of rotatable bonds is 8. The normalized spacial score (nSPS) is 14.4. The summed E-state index contributed by atoms with van der Waals surface area (Å²) in [5, 5.41) is 4.96. The van der Waals surface area contributed by atoms with Crippen LogP contribution in [0, 0.1) is 0 Å². The maximum atomic E-state index is 5.90. The van der Waals surface area contributed by atoms with E-state index in [-0.39, 0.29) is 0 Å². The summed E-state index contributed by atoms with van der Waals surface area (Å²) in [5.41, 5.74) is 1.36. The van der Waals surface area contributed by atoms with Crippen molar-refractivity contribution in [3.63, 3.8) is 0 Å². The van der Waals surface area contributed by atoms with E-state index in [1.54, 1.807) is 0 Å². The molecule has 18 heavy (non-hydrogen) atoms. The molecule has 0 spiro atoms. The van der Waals surface area contributed by atoms with E-state index in [1.165, 1.54) is 24.8 Å². The predicted octanol–water partition coefficient (Wildman–Crippen LogP) is 4.74. The van der Waals surface area contributed by atoms with Gasteiger partial charge in [0.1, 0.15) is 0 Å². The van der Waals surface area contributed by atoms with Gasteiger partial charge in [0.2, 0.25) is 0 Å². The highest BCUT2D eigenvalue weighted by atomic mass is 35.5. The van der Waals surface area contributed by atoms with Crippen LogP contribution in [-0.2, 0) is 5.75 Å². The molecule has 0 aliphatic rings. The second-order valence-electron chi connectivity index (χ2n) is 4.57. The Morgan fingerprint density at radius 2 is 1.89 bits per heavy atom. The molecule has 0 bridgehead atoms. The number of nitrogens with one attached hydrogen (secondary N) is 1. The van der Waals surface area contributed by atoms with Crippen LogP contribution in [0.25, 0.3) is 0 Å². The van der Waals surface area contributed by atoms with E-state index in [1.807, 2.05) is 23.9 Å². The molecule has 0 aliphatic heterocycles. The molecule has 0 amide bonds. The van der Waals surface area contributed by atoms with Gasteiger partial charge in [-0.3, -0.25) is 0 Å². The predicted molar refractivity (Wildman–Crippen MR) is 84.6 cm³/mol. The largest absolute Gasteiger partial charge is 0.316 e. The van der Waals surface area contributed by atoms with Gasteiger partial charge in [-0.25, -0.2) is 0 Å². The Hall–Kier alpha value is -0.180. The zero-order valence-electron chi connectivity index (χ0n) is 11.6. The summed E-state index contributed by atoms with van der Waals surface area (Å²) in [6.45, 7) is 4.53. The van der Waals surface area contributed by atoms with Gasteiger partial charge in [0.05, 0.1) is 0 Å². The zero-order chi connectivity index (χ0) is 13.4. The van der Waals surface area contributed by atoms with Gasteiger partial charge < -0.3 is 5.32 Å². The van der Waals surface area contributed by atoms with Crippen molar-refractivity contribution < 1.29 is 0 Å². The summed E-state index contributed by atoms with van der Waals surface area (Å²) in [5.74, 6) is 1.07. The minimum absolute atomic E-state index is 0.623. The van der Waals surface area contributed by atoms with Crippen LogP contribution in [-0.4, -0.2) is 18.3 Å². The van der Waals surface area contributed by atoms with Crippen LogP contribution in [0.15, 0.2) is 24.3 Å². The number of benzene rings is 1. The van der Waals surface area contributed by atoms with Gasteiger partial charge in [0, 0.05) is 22.1 Å². The molecule has 2 atom stereocenters. The van der Waals surface area contributed by atoms with Gasteiger partial charge in [0.15, 0.2) is 0 Å². The molecule has 0 aliphatic carbocycles. The first kappa shape index (κ1) is 15.9. The van der Waals surface area contributed by atoms with Gasteiger partial charge in [-0.2, -0.15) is 11.8 Å². The minimum atomic E-state index is 0.623. The van der Waals surface area contributed by atoms with Crippen LogP contribution >= 0.6 is 23.4 Å². The Labute approximate surface area is 121 Å². The molecule has 0 radical (unpaired) electrons. The number of hydrogen-bond donors (Lipinski definition) is 1. The molecular weight excluding hydrogens is 262 g/mol. The van der Waals surface area contributed by atoms with Crippen molar-refractivity contribution in [3.05, 3.63) is 34.9 Å². The Morgan fingerprint density at radius 1 is 1.22 bits per heavy atom. The highest BCUT2D eigenvalue weighted by Crippen LogP contribution is 2.25. The maximum absolute atomic E-state index is 5.90. The van der Waals surface area contributed by atoms with E-state index in [4.69, 9.17) is 11.6 Å². The molecule has 0 aromatic heterocycles. The van der Waals surface area contributed by atoms with Gasteiger partial charge in [-0.15, -0.1) is 0 Å². The van der Waals surface area contributed by atoms with Crippen molar-refractivity contribution in [1.82, 2.24) is 5.32 Å². The van der Waals surface area contributed by atoms with Crippen LogP contribution in [0.4, 0.5) is 0 Å². The molecule has 1 aromatic rings. The maximum Gasteiger partial charge on any atom is 0.0406 e. The zero-order valence-corrected chi connectivity index (χ0v) is 13.2. The summed E-state index contributed by atoms with van der Waals surface area (Å²) in [7, 11) is 2.08. The molecule has 1 rings (SSSR count). The minimum Gasteiger partial charge on any atom is -0.316 e. The number of thioether (sulfide) groups is 1. The van der Waals surface area contributed by atoms with Crippen LogP contribution in [0.3, 0.4) is 0 Å². The lowest BCUT2D eigenvalue weighted by Gasteiger charge is -2.25. The molecule has 1 N–H and O–H groups in total. The quantitative estimate of drug-likeness (QED) is 0.740. The lowest BCUT2D eigenvalue weighted by molar-refractivity contribution is 0.490. The summed E-state index contributed by atoms with van der Waals surface area (Å²) in [6, 6.07) is 8.81. The summed E-state index contributed by atoms with van der Waals surface area (Å²) >= 11 is 7.95. The number of hydrogen-bond acceptors (Lipinski definition) is 2. The van der Waals surface area contributed by atoms with Gasteiger partial charge in [-0.1, -0.05) is 44.0 Å². The van der Waals surface area contributed by atoms with E-state index in [0.29, 0.717) is 11.3 Å². The van der Waals surface area contributed by atoms with Gasteiger partial charge >= 0.3 is 0 Å². The highest BCUT2D eigenvalue weighted by molar-refractivity contribution is 7.99.